The number of nitrogens with one attached hydrogen (secondary N) is 2. The Hall–Kier alpha value is -4.39. The van der Waals surface area contributed by atoms with Crippen LogP contribution in [0.5, 0.6) is 0 Å². The summed E-state index contributed by atoms with van der Waals surface area (Å²) in [6.45, 7) is 1.53. The summed E-state index contributed by atoms with van der Waals surface area (Å²) in [6.07, 6.45) is 6.06. The van der Waals surface area contributed by atoms with Crippen LogP contribution < -0.4 is 15.6 Å². The van der Waals surface area contributed by atoms with Gasteiger partial charge in [0.2, 0.25) is 11.9 Å². The molecule has 168 valence electrons. The largest absolute Gasteiger partial charge is 0.324 e. The normalized spacial score (nSPS) is 12.2. The quantitative estimate of drug-likeness (QED) is 0.412. The van der Waals surface area contributed by atoms with Gasteiger partial charge in [0.1, 0.15) is 6.04 Å². The molecule has 0 saturated heterocycles. The van der Waals surface area contributed by atoms with Crippen molar-refractivity contribution in [3.05, 3.63) is 83.7 Å². The van der Waals surface area contributed by atoms with Crippen LogP contribution in [0, 0.1) is 0 Å². The summed E-state index contributed by atoms with van der Waals surface area (Å²) < 4.78 is 29.7. The van der Waals surface area contributed by atoms with E-state index in [1.165, 1.54) is 60.4 Å². The van der Waals surface area contributed by atoms with E-state index in [9.17, 15) is 18.0 Å². The van der Waals surface area contributed by atoms with Gasteiger partial charge in [-0.1, -0.05) is 0 Å². The Morgan fingerprint density at radius 1 is 1.00 bits per heavy atom. The highest BCUT2D eigenvalue weighted by Crippen LogP contribution is 2.17. The lowest BCUT2D eigenvalue weighted by atomic mass is 10.2. The highest BCUT2D eigenvalue weighted by atomic mass is 32.2. The second-order valence-electron chi connectivity index (χ2n) is 6.79. The third kappa shape index (κ3) is 4.93. The van der Waals surface area contributed by atoms with Gasteiger partial charge >= 0.3 is 0 Å². The second-order valence-corrected chi connectivity index (χ2v) is 8.47. The fraction of sp³-hybridized carbons (Fsp3) is 0.100. The van der Waals surface area contributed by atoms with Gasteiger partial charge < -0.3 is 5.32 Å². The van der Waals surface area contributed by atoms with Crippen molar-refractivity contribution in [3.63, 3.8) is 0 Å². The van der Waals surface area contributed by atoms with Gasteiger partial charge in [0.05, 0.1) is 4.90 Å². The molecular weight excluding hydrogens is 448 g/mol. The van der Waals surface area contributed by atoms with Crippen LogP contribution in [0.4, 0.5) is 11.6 Å². The summed E-state index contributed by atoms with van der Waals surface area (Å²) in [7, 11) is -3.90. The molecular formula is C20H18N8O4S. The average molecular weight is 466 g/mol. The minimum Gasteiger partial charge on any atom is -0.324 e. The maximum Gasteiger partial charge on any atom is 0.267 e. The number of aromatic nitrogens is 6. The minimum absolute atomic E-state index is 0.0363. The van der Waals surface area contributed by atoms with Crippen LogP contribution in [0.1, 0.15) is 13.0 Å². The molecule has 1 aromatic carbocycles. The number of hydrogen-bond acceptors (Lipinski definition) is 8. The maximum atomic E-state index is 12.7. The number of sulfonamides is 1. The smallest absolute Gasteiger partial charge is 0.267 e. The maximum absolute atomic E-state index is 12.7. The molecule has 0 spiro atoms. The Morgan fingerprint density at radius 2 is 1.73 bits per heavy atom. The lowest BCUT2D eigenvalue weighted by molar-refractivity contribution is -0.119. The third-order valence-electron chi connectivity index (χ3n) is 4.52. The predicted molar refractivity (Wildman–Crippen MR) is 118 cm³/mol. The fourth-order valence-electron chi connectivity index (χ4n) is 2.83. The number of anilines is 2. The van der Waals surface area contributed by atoms with Gasteiger partial charge in [-0.05, 0) is 49.4 Å². The van der Waals surface area contributed by atoms with E-state index in [0.29, 0.717) is 11.5 Å². The van der Waals surface area contributed by atoms with Crippen molar-refractivity contribution in [2.45, 2.75) is 17.9 Å². The van der Waals surface area contributed by atoms with E-state index in [4.69, 9.17) is 0 Å². The fourth-order valence-corrected chi connectivity index (χ4v) is 3.78. The predicted octanol–water partition coefficient (Wildman–Crippen LogP) is 1.22. The highest BCUT2D eigenvalue weighted by molar-refractivity contribution is 7.92. The molecule has 0 saturated carbocycles. The van der Waals surface area contributed by atoms with Crippen LogP contribution in [0.15, 0.2) is 83.0 Å². The molecule has 0 fully saturated rings. The monoisotopic (exact) mass is 466 g/mol. The first-order valence-corrected chi connectivity index (χ1v) is 11.1. The molecule has 0 radical (unpaired) electrons. The third-order valence-corrected chi connectivity index (χ3v) is 5.86. The molecule has 33 heavy (non-hydrogen) atoms. The van der Waals surface area contributed by atoms with E-state index in [1.807, 2.05) is 0 Å². The lowest BCUT2D eigenvalue weighted by Crippen LogP contribution is -2.33. The number of rotatable bonds is 7. The molecule has 0 bridgehead atoms. The van der Waals surface area contributed by atoms with Crippen molar-refractivity contribution in [2.75, 3.05) is 10.0 Å². The van der Waals surface area contributed by atoms with Gasteiger partial charge in [0, 0.05) is 36.5 Å². The van der Waals surface area contributed by atoms with E-state index in [1.54, 1.807) is 24.5 Å². The Morgan fingerprint density at radius 3 is 2.39 bits per heavy atom. The molecule has 12 nitrogen and oxygen atoms in total. The molecule has 1 atom stereocenters. The van der Waals surface area contributed by atoms with E-state index in [2.05, 4.69) is 30.2 Å². The van der Waals surface area contributed by atoms with Crippen molar-refractivity contribution in [2.24, 2.45) is 0 Å². The zero-order valence-electron chi connectivity index (χ0n) is 17.2. The SMILES string of the molecule is CC(C(=O)Nc1ccc(S(=O)(=O)Nc2ncccn2)cc1)n1nc(-n2cccn2)ccc1=O. The lowest BCUT2D eigenvalue weighted by Gasteiger charge is -2.15. The zero-order valence-corrected chi connectivity index (χ0v) is 18.0. The van der Waals surface area contributed by atoms with Gasteiger partial charge in [-0.15, -0.1) is 5.10 Å². The average Bonchev–Trinajstić information content (AvgIpc) is 3.35. The molecule has 3 heterocycles. The number of benzene rings is 1. The van der Waals surface area contributed by atoms with Crippen molar-refractivity contribution in [3.8, 4) is 5.82 Å². The van der Waals surface area contributed by atoms with Gasteiger partial charge in [-0.25, -0.2) is 32.5 Å². The van der Waals surface area contributed by atoms with E-state index >= 15 is 0 Å². The summed E-state index contributed by atoms with van der Waals surface area (Å²) in [4.78, 5) is 32.6. The van der Waals surface area contributed by atoms with Crippen molar-refractivity contribution < 1.29 is 13.2 Å². The second kappa shape index (κ2) is 9.00. The summed E-state index contributed by atoms with van der Waals surface area (Å²) in [5, 5.41) is 10.9. The van der Waals surface area contributed by atoms with E-state index in [0.717, 1.165) is 4.68 Å². The van der Waals surface area contributed by atoms with Gasteiger partial charge in [0.25, 0.3) is 15.6 Å². The number of hydrogen-bond donors (Lipinski definition) is 2. The number of carbonyl (C=O) groups is 1. The summed E-state index contributed by atoms with van der Waals surface area (Å²) in [6, 6.07) is 10.7. The van der Waals surface area contributed by atoms with Crippen LogP contribution in [0.3, 0.4) is 0 Å². The summed E-state index contributed by atoms with van der Waals surface area (Å²) in [5.74, 6) is -0.184. The number of nitrogens with zero attached hydrogens (tertiary/aromatic N) is 6. The minimum atomic E-state index is -3.90. The highest BCUT2D eigenvalue weighted by Gasteiger charge is 2.20. The summed E-state index contributed by atoms with van der Waals surface area (Å²) in [5.41, 5.74) is -0.109. The first kappa shape index (κ1) is 21.8. The van der Waals surface area contributed by atoms with Crippen molar-refractivity contribution >= 4 is 27.6 Å². The Labute approximate surface area is 188 Å². The molecule has 2 N–H and O–H groups in total. The zero-order chi connectivity index (χ0) is 23.4. The molecule has 4 aromatic rings. The molecule has 0 aliphatic rings. The summed E-state index contributed by atoms with van der Waals surface area (Å²) >= 11 is 0. The standard InChI is InChI=1S/C20H18N8O4S/c1-14(28-18(29)9-8-17(25-28)27-13-3-12-23-27)19(30)24-15-4-6-16(7-5-15)33(31,32)26-20-21-10-2-11-22-20/h2-14H,1H3,(H,24,30)(H,21,22,26). The van der Waals surface area contributed by atoms with Gasteiger partial charge in [0.15, 0.2) is 5.82 Å². The molecule has 1 unspecified atom stereocenters. The Kier molecular flexibility index (Phi) is 5.95. The number of amides is 1. The van der Waals surface area contributed by atoms with Crippen LogP contribution >= 0.6 is 0 Å². The van der Waals surface area contributed by atoms with Gasteiger partial charge in [-0.3, -0.25) is 9.59 Å². The van der Waals surface area contributed by atoms with Crippen molar-refractivity contribution in [1.82, 2.24) is 29.5 Å². The Bertz CT molecular complexity index is 1420. The topological polar surface area (TPSA) is 154 Å². The van der Waals surface area contributed by atoms with E-state index < -0.39 is 27.5 Å². The van der Waals surface area contributed by atoms with Crippen molar-refractivity contribution in [1.29, 1.82) is 0 Å². The van der Waals surface area contributed by atoms with Crippen LogP contribution in [-0.2, 0) is 14.8 Å². The Balaban J connectivity index is 1.48. The van der Waals surface area contributed by atoms with Crippen LogP contribution in [0.25, 0.3) is 5.82 Å². The van der Waals surface area contributed by atoms with E-state index in [-0.39, 0.29) is 10.8 Å². The first-order chi connectivity index (χ1) is 15.8. The molecule has 0 aliphatic carbocycles. The van der Waals surface area contributed by atoms with Crippen LogP contribution in [-0.4, -0.2) is 43.9 Å². The van der Waals surface area contributed by atoms with Gasteiger partial charge in [-0.2, -0.15) is 5.10 Å². The van der Waals surface area contributed by atoms with Crippen LogP contribution in [0.2, 0.25) is 0 Å². The molecule has 1 amide bonds. The first-order valence-electron chi connectivity index (χ1n) is 9.64. The molecule has 0 aliphatic heterocycles. The molecule has 13 heteroatoms. The molecule has 3 aromatic heterocycles. The number of carbonyl (C=O) groups excluding carboxylic acids is 1. The molecule has 4 rings (SSSR count).